The van der Waals surface area contributed by atoms with Gasteiger partial charge < -0.3 is 14.4 Å². The number of phenolic OH excluding ortho intramolecular Hbond substituents is 1. The molecule has 1 aromatic carbocycles. The number of nitrogens with zero attached hydrogens (tertiary/aromatic N) is 2. The second-order valence-corrected chi connectivity index (χ2v) is 5.44. The zero-order valence-electron chi connectivity index (χ0n) is 11.0. The topological polar surface area (TPSA) is 68.4 Å². The van der Waals surface area contributed by atoms with Crippen LogP contribution in [0.15, 0.2) is 27.2 Å². The van der Waals surface area contributed by atoms with Crippen LogP contribution in [-0.4, -0.2) is 21.9 Å². The van der Waals surface area contributed by atoms with Crippen molar-refractivity contribution < 1.29 is 14.4 Å². The van der Waals surface area contributed by atoms with Gasteiger partial charge in [-0.25, -0.2) is 0 Å². The highest BCUT2D eigenvalue weighted by Gasteiger charge is 2.27. The number of benzene rings is 1. The Bertz CT molecular complexity index is 581. The minimum Gasteiger partial charge on any atom is -0.507 e. The monoisotopic (exact) mass is 326 g/mol. The standard InChI is InChI=1S/C13H15BrN2O3/c1-4-18-13(2,3)12-15-11(19-16-12)9-6-5-8(14)7-10(9)17/h5-7,17H,4H2,1-3H3. The zero-order valence-corrected chi connectivity index (χ0v) is 12.6. The fourth-order valence-electron chi connectivity index (χ4n) is 1.69. The van der Waals surface area contributed by atoms with Crippen LogP contribution < -0.4 is 0 Å². The van der Waals surface area contributed by atoms with Gasteiger partial charge >= 0.3 is 0 Å². The third-order valence-corrected chi connectivity index (χ3v) is 3.15. The van der Waals surface area contributed by atoms with Crippen molar-refractivity contribution in [3.05, 3.63) is 28.5 Å². The van der Waals surface area contributed by atoms with Crippen molar-refractivity contribution in [2.45, 2.75) is 26.4 Å². The molecule has 2 rings (SSSR count). The van der Waals surface area contributed by atoms with E-state index >= 15 is 0 Å². The van der Waals surface area contributed by atoms with Gasteiger partial charge in [0.15, 0.2) is 0 Å². The van der Waals surface area contributed by atoms with Crippen LogP contribution in [0.4, 0.5) is 0 Å². The van der Waals surface area contributed by atoms with Crippen LogP contribution in [0.5, 0.6) is 5.75 Å². The molecule has 19 heavy (non-hydrogen) atoms. The predicted octanol–water partition coefficient (Wildman–Crippen LogP) is 3.48. The zero-order chi connectivity index (χ0) is 14.0. The van der Waals surface area contributed by atoms with Gasteiger partial charge in [-0.2, -0.15) is 4.98 Å². The van der Waals surface area contributed by atoms with E-state index in [1.54, 1.807) is 18.2 Å². The summed E-state index contributed by atoms with van der Waals surface area (Å²) in [7, 11) is 0. The van der Waals surface area contributed by atoms with Gasteiger partial charge in [0.1, 0.15) is 11.4 Å². The lowest BCUT2D eigenvalue weighted by molar-refractivity contribution is -0.0221. The first-order chi connectivity index (χ1) is 8.94. The third kappa shape index (κ3) is 2.96. The summed E-state index contributed by atoms with van der Waals surface area (Å²) >= 11 is 3.28. The lowest BCUT2D eigenvalue weighted by Crippen LogP contribution is -2.23. The maximum atomic E-state index is 9.87. The normalized spacial score (nSPS) is 11.8. The molecule has 0 aliphatic heterocycles. The maximum Gasteiger partial charge on any atom is 0.261 e. The summed E-state index contributed by atoms with van der Waals surface area (Å²) in [5.74, 6) is 0.804. The molecule has 0 radical (unpaired) electrons. The van der Waals surface area contributed by atoms with Crippen molar-refractivity contribution in [3.8, 4) is 17.2 Å². The van der Waals surface area contributed by atoms with E-state index in [2.05, 4.69) is 26.1 Å². The number of aromatic nitrogens is 2. The summed E-state index contributed by atoms with van der Waals surface area (Å²) in [6, 6.07) is 5.09. The SMILES string of the molecule is CCOC(C)(C)c1noc(-c2ccc(Br)cc2O)n1. The van der Waals surface area contributed by atoms with Crippen molar-refractivity contribution in [1.82, 2.24) is 10.1 Å². The second kappa shape index (κ2) is 5.30. The highest BCUT2D eigenvalue weighted by molar-refractivity contribution is 9.10. The van der Waals surface area contributed by atoms with Crippen molar-refractivity contribution in [1.29, 1.82) is 0 Å². The molecule has 0 aliphatic rings. The van der Waals surface area contributed by atoms with E-state index in [1.807, 2.05) is 20.8 Å². The lowest BCUT2D eigenvalue weighted by atomic mass is 10.1. The number of aromatic hydroxyl groups is 1. The van der Waals surface area contributed by atoms with Gasteiger partial charge in [0, 0.05) is 11.1 Å². The minimum absolute atomic E-state index is 0.0822. The van der Waals surface area contributed by atoms with Crippen molar-refractivity contribution >= 4 is 15.9 Å². The van der Waals surface area contributed by atoms with Gasteiger partial charge in [0.25, 0.3) is 5.89 Å². The molecule has 0 aliphatic carbocycles. The molecular weight excluding hydrogens is 312 g/mol. The van der Waals surface area contributed by atoms with Gasteiger partial charge in [-0.1, -0.05) is 21.1 Å². The van der Waals surface area contributed by atoms with E-state index in [4.69, 9.17) is 9.26 Å². The van der Waals surface area contributed by atoms with Crippen LogP contribution in [0.2, 0.25) is 0 Å². The Kier molecular flexibility index (Phi) is 3.91. The van der Waals surface area contributed by atoms with E-state index in [-0.39, 0.29) is 11.6 Å². The molecule has 0 amide bonds. The maximum absolute atomic E-state index is 9.87. The first kappa shape index (κ1) is 14.0. The number of phenols is 1. The summed E-state index contributed by atoms with van der Waals surface area (Å²) in [5, 5.41) is 13.8. The Morgan fingerprint density at radius 1 is 1.42 bits per heavy atom. The second-order valence-electron chi connectivity index (χ2n) is 4.53. The quantitative estimate of drug-likeness (QED) is 0.931. The molecule has 0 bridgehead atoms. The molecule has 0 spiro atoms. The molecule has 0 fully saturated rings. The molecule has 0 saturated carbocycles. The van der Waals surface area contributed by atoms with Crippen molar-refractivity contribution in [2.24, 2.45) is 0 Å². The Morgan fingerprint density at radius 3 is 2.79 bits per heavy atom. The molecular formula is C13H15BrN2O3. The lowest BCUT2D eigenvalue weighted by Gasteiger charge is -2.19. The largest absolute Gasteiger partial charge is 0.507 e. The van der Waals surface area contributed by atoms with Crippen LogP contribution in [0.3, 0.4) is 0 Å². The fraction of sp³-hybridized carbons (Fsp3) is 0.385. The average molecular weight is 327 g/mol. The average Bonchev–Trinajstić information content (AvgIpc) is 2.78. The Morgan fingerprint density at radius 2 is 2.16 bits per heavy atom. The Balaban J connectivity index is 2.35. The van der Waals surface area contributed by atoms with E-state index in [0.29, 0.717) is 18.0 Å². The van der Waals surface area contributed by atoms with E-state index in [0.717, 1.165) is 4.47 Å². The van der Waals surface area contributed by atoms with E-state index in [9.17, 15) is 5.11 Å². The molecule has 6 heteroatoms. The molecule has 1 heterocycles. The van der Waals surface area contributed by atoms with Crippen LogP contribution in [0, 0.1) is 0 Å². The summed E-state index contributed by atoms with van der Waals surface area (Å²) < 4.78 is 11.5. The van der Waals surface area contributed by atoms with Gasteiger partial charge in [0.2, 0.25) is 5.82 Å². The fourth-order valence-corrected chi connectivity index (χ4v) is 2.04. The van der Waals surface area contributed by atoms with Gasteiger partial charge in [-0.15, -0.1) is 0 Å². The molecule has 0 unspecified atom stereocenters. The smallest absolute Gasteiger partial charge is 0.261 e. The molecule has 0 saturated heterocycles. The number of hydrogen-bond donors (Lipinski definition) is 1. The molecule has 5 nitrogen and oxygen atoms in total. The van der Waals surface area contributed by atoms with Gasteiger partial charge in [-0.3, -0.25) is 0 Å². The number of hydrogen-bond acceptors (Lipinski definition) is 5. The third-order valence-electron chi connectivity index (χ3n) is 2.66. The highest BCUT2D eigenvalue weighted by Crippen LogP contribution is 2.32. The molecule has 2 aromatic rings. The van der Waals surface area contributed by atoms with Gasteiger partial charge in [-0.05, 0) is 39.0 Å². The number of ether oxygens (including phenoxy) is 1. The molecule has 0 atom stereocenters. The van der Waals surface area contributed by atoms with Crippen LogP contribution >= 0.6 is 15.9 Å². The first-order valence-electron chi connectivity index (χ1n) is 5.91. The summed E-state index contributed by atoms with van der Waals surface area (Å²) in [6.45, 7) is 6.20. The Labute approximate surface area is 119 Å². The summed E-state index contributed by atoms with van der Waals surface area (Å²) in [6.07, 6.45) is 0. The van der Waals surface area contributed by atoms with Gasteiger partial charge in [0.05, 0.1) is 5.56 Å². The van der Waals surface area contributed by atoms with Crippen LogP contribution in [0.1, 0.15) is 26.6 Å². The Hall–Kier alpha value is -1.40. The van der Waals surface area contributed by atoms with E-state index < -0.39 is 5.60 Å². The van der Waals surface area contributed by atoms with Crippen LogP contribution in [0.25, 0.3) is 11.5 Å². The minimum atomic E-state index is -0.624. The highest BCUT2D eigenvalue weighted by atomic mass is 79.9. The van der Waals surface area contributed by atoms with E-state index in [1.165, 1.54) is 0 Å². The summed E-state index contributed by atoms with van der Waals surface area (Å²) in [5.41, 5.74) is -0.129. The molecule has 102 valence electrons. The summed E-state index contributed by atoms with van der Waals surface area (Å²) in [4.78, 5) is 4.28. The number of rotatable bonds is 4. The molecule has 1 aromatic heterocycles. The van der Waals surface area contributed by atoms with Crippen LogP contribution in [-0.2, 0) is 10.3 Å². The number of halogens is 1. The predicted molar refractivity (Wildman–Crippen MR) is 73.8 cm³/mol. The van der Waals surface area contributed by atoms with Crippen molar-refractivity contribution in [2.75, 3.05) is 6.61 Å². The first-order valence-corrected chi connectivity index (χ1v) is 6.70. The van der Waals surface area contributed by atoms with Crippen molar-refractivity contribution in [3.63, 3.8) is 0 Å². The molecule has 1 N–H and O–H groups in total.